The molecule has 0 unspecified atom stereocenters. The van der Waals surface area contributed by atoms with E-state index in [2.05, 4.69) is 12.2 Å². The maximum atomic E-state index is 12.0. The van der Waals surface area contributed by atoms with E-state index in [-0.39, 0.29) is 11.9 Å². The van der Waals surface area contributed by atoms with Crippen LogP contribution in [-0.4, -0.2) is 18.5 Å². The molecule has 4 heteroatoms. The van der Waals surface area contributed by atoms with Crippen molar-refractivity contribution in [2.24, 2.45) is 5.92 Å². The molecule has 0 spiro atoms. The molecule has 1 saturated carbocycles. The number of esters is 1. The van der Waals surface area contributed by atoms with E-state index in [0.717, 1.165) is 30.9 Å². The molecule has 0 saturated heterocycles. The second-order valence-electron chi connectivity index (χ2n) is 6.30. The molecule has 23 heavy (non-hydrogen) atoms. The molecule has 1 amide bonds. The Labute approximate surface area is 138 Å². The van der Waals surface area contributed by atoms with Crippen LogP contribution in [-0.2, 0) is 9.53 Å². The normalized spacial score (nSPS) is 14.7. The molecule has 0 aliphatic heterocycles. The Morgan fingerprint density at radius 1 is 1.17 bits per heavy atom. The maximum Gasteiger partial charge on any atom is 0.338 e. The minimum absolute atomic E-state index is 0.0511. The lowest BCUT2D eigenvalue weighted by Crippen LogP contribution is -2.13. The van der Waals surface area contributed by atoms with E-state index in [9.17, 15) is 9.59 Å². The van der Waals surface area contributed by atoms with Gasteiger partial charge < -0.3 is 10.1 Å². The van der Waals surface area contributed by atoms with Gasteiger partial charge in [0.15, 0.2) is 0 Å². The number of carbonyl (C=O) groups excluding carboxylic acids is 2. The van der Waals surface area contributed by atoms with Gasteiger partial charge in [-0.15, -0.1) is 0 Å². The predicted molar refractivity (Wildman–Crippen MR) is 91.5 cm³/mol. The lowest BCUT2D eigenvalue weighted by molar-refractivity contribution is -0.116. The molecule has 1 aromatic carbocycles. The Kier molecular flexibility index (Phi) is 7.11. The largest absolute Gasteiger partial charge is 0.462 e. The Morgan fingerprint density at radius 3 is 2.52 bits per heavy atom. The van der Waals surface area contributed by atoms with Gasteiger partial charge in [-0.05, 0) is 43.0 Å². The SMILES string of the molecule is CCCCOC(=O)c1ccc(NC(=O)CCC2CCCC2)cc1. The molecule has 1 aliphatic carbocycles. The first-order chi connectivity index (χ1) is 11.2. The van der Waals surface area contributed by atoms with E-state index < -0.39 is 0 Å². The van der Waals surface area contributed by atoms with Crippen molar-refractivity contribution in [2.75, 3.05) is 11.9 Å². The number of anilines is 1. The van der Waals surface area contributed by atoms with E-state index in [4.69, 9.17) is 4.74 Å². The Balaban J connectivity index is 1.75. The Bertz CT molecular complexity index is 504. The summed E-state index contributed by atoms with van der Waals surface area (Å²) in [4.78, 5) is 23.8. The number of rotatable bonds is 8. The average molecular weight is 317 g/mol. The van der Waals surface area contributed by atoms with Crippen LogP contribution in [0, 0.1) is 5.92 Å². The number of hydrogen-bond acceptors (Lipinski definition) is 3. The van der Waals surface area contributed by atoms with Gasteiger partial charge in [0.2, 0.25) is 5.91 Å². The van der Waals surface area contributed by atoms with Crippen LogP contribution in [0.4, 0.5) is 5.69 Å². The quantitative estimate of drug-likeness (QED) is 0.565. The van der Waals surface area contributed by atoms with Crippen molar-refractivity contribution in [1.29, 1.82) is 0 Å². The van der Waals surface area contributed by atoms with Crippen molar-refractivity contribution in [1.82, 2.24) is 0 Å². The summed E-state index contributed by atoms with van der Waals surface area (Å²) in [6, 6.07) is 6.90. The Hall–Kier alpha value is -1.84. The molecule has 0 atom stereocenters. The third-order valence-electron chi connectivity index (χ3n) is 4.39. The first kappa shape index (κ1) is 17.5. The molecule has 126 valence electrons. The highest BCUT2D eigenvalue weighted by molar-refractivity contribution is 5.93. The molecule has 2 rings (SSSR count). The van der Waals surface area contributed by atoms with Gasteiger partial charge in [0.1, 0.15) is 0 Å². The standard InChI is InChI=1S/C19H27NO3/c1-2-3-14-23-19(22)16-9-11-17(12-10-16)20-18(21)13-8-15-6-4-5-7-15/h9-12,15H,2-8,13-14H2,1H3,(H,20,21). The summed E-state index contributed by atoms with van der Waals surface area (Å²) in [5.74, 6) is 0.466. The molecule has 1 fully saturated rings. The number of nitrogens with one attached hydrogen (secondary N) is 1. The predicted octanol–water partition coefficient (Wildman–Crippen LogP) is 4.55. The summed E-state index contributed by atoms with van der Waals surface area (Å²) in [5, 5.41) is 2.89. The minimum atomic E-state index is -0.308. The van der Waals surface area contributed by atoms with E-state index >= 15 is 0 Å². The summed E-state index contributed by atoms with van der Waals surface area (Å²) in [7, 11) is 0. The van der Waals surface area contributed by atoms with Crippen LogP contribution in [0.15, 0.2) is 24.3 Å². The summed E-state index contributed by atoms with van der Waals surface area (Å²) >= 11 is 0. The fourth-order valence-corrected chi connectivity index (χ4v) is 2.94. The van der Waals surface area contributed by atoms with Crippen molar-refractivity contribution in [3.63, 3.8) is 0 Å². The van der Waals surface area contributed by atoms with Crippen LogP contribution >= 0.6 is 0 Å². The zero-order valence-electron chi connectivity index (χ0n) is 14.0. The number of ether oxygens (including phenoxy) is 1. The fourth-order valence-electron chi connectivity index (χ4n) is 2.94. The topological polar surface area (TPSA) is 55.4 Å². The van der Waals surface area contributed by atoms with Crippen molar-refractivity contribution < 1.29 is 14.3 Å². The zero-order valence-corrected chi connectivity index (χ0v) is 14.0. The molecule has 0 aromatic heterocycles. The minimum Gasteiger partial charge on any atom is -0.462 e. The monoisotopic (exact) mass is 317 g/mol. The highest BCUT2D eigenvalue weighted by Crippen LogP contribution is 2.28. The van der Waals surface area contributed by atoms with Gasteiger partial charge in [0.25, 0.3) is 0 Å². The highest BCUT2D eigenvalue weighted by atomic mass is 16.5. The van der Waals surface area contributed by atoms with E-state index in [0.29, 0.717) is 18.6 Å². The lowest BCUT2D eigenvalue weighted by Gasteiger charge is -2.09. The smallest absolute Gasteiger partial charge is 0.338 e. The van der Waals surface area contributed by atoms with Gasteiger partial charge in [-0.25, -0.2) is 4.79 Å². The van der Waals surface area contributed by atoms with Crippen molar-refractivity contribution in [3.8, 4) is 0 Å². The van der Waals surface area contributed by atoms with Crippen LogP contribution in [0.3, 0.4) is 0 Å². The van der Waals surface area contributed by atoms with Gasteiger partial charge in [0.05, 0.1) is 12.2 Å². The number of carbonyl (C=O) groups is 2. The molecular formula is C19H27NO3. The Morgan fingerprint density at radius 2 is 1.87 bits per heavy atom. The van der Waals surface area contributed by atoms with E-state index in [1.54, 1.807) is 24.3 Å². The highest BCUT2D eigenvalue weighted by Gasteiger charge is 2.16. The molecule has 1 aliphatic rings. The molecule has 1 aromatic rings. The van der Waals surface area contributed by atoms with Gasteiger partial charge in [-0.3, -0.25) is 4.79 Å². The van der Waals surface area contributed by atoms with Crippen molar-refractivity contribution in [2.45, 2.75) is 58.3 Å². The molecule has 4 nitrogen and oxygen atoms in total. The van der Waals surface area contributed by atoms with Crippen LogP contribution in [0.5, 0.6) is 0 Å². The summed E-state index contributed by atoms with van der Waals surface area (Å²) in [6.45, 7) is 2.51. The molecule has 0 radical (unpaired) electrons. The number of unbranched alkanes of at least 4 members (excludes halogenated alkanes) is 1. The van der Waals surface area contributed by atoms with Crippen molar-refractivity contribution in [3.05, 3.63) is 29.8 Å². The third kappa shape index (κ3) is 6.05. The number of benzene rings is 1. The van der Waals surface area contributed by atoms with Crippen LogP contribution in [0.1, 0.15) is 68.6 Å². The summed E-state index contributed by atoms with van der Waals surface area (Å²) in [6.07, 6.45) is 8.58. The van der Waals surface area contributed by atoms with Crippen LogP contribution < -0.4 is 5.32 Å². The third-order valence-corrected chi connectivity index (χ3v) is 4.39. The molecule has 0 heterocycles. The first-order valence-electron chi connectivity index (χ1n) is 8.76. The van der Waals surface area contributed by atoms with Crippen LogP contribution in [0.2, 0.25) is 0 Å². The van der Waals surface area contributed by atoms with E-state index in [1.165, 1.54) is 25.7 Å². The zero-order chi connectivity index (χ0) is 16.5. The molecule has 0 bridgehead atoms. The molecule has 1 N–H and O–H groups in total. The lowest BCUT2D eigenvalue weighted by atomic mass is 10.0. The van der Waals surface area contributed by atoms with Gasteiger partial charge in [-0.2, -0.15) is 0 Å². The van der Waals surface area contributed by atoms with Crippen molar-refractivity contribution >= 4 is 17.6 Å². The second kappa shape index (κ2) is 9.33. The van der Waals surface area contributed by atoms with Gasteiger partial charge >= 0.3 is 5.97 Å². The fraction of sp³-hybridized carbons (Fsp3) is 0.579. The van der Waals surface area contributed by atoms with Gasteiger partial charge in [-0.1, -0.05) is 39.0 Å². The van der Waals surface area contributed by atoms with E-state index in [1.807, 2.05) is 0 Å². The summed E-state index contributed by atoms with van der Waals surface area (Å²) < 4.78 is 5.16. The van der Waals surface area contributed by atoms with Gasteiger partial charge in [0, 0.05) is 12.1 Å². The second-order valence-corrected chi connectivity index (χ2v) is 6.30. The molecular weight excluding hydrogens is 290 g/mol. The van der Waals surface area contributed by atoms with Crippen LogP contribution in [0.25, 0.3) is 0 Å². The maximum absolute atomic E-state index is 12.0. The first-order valence-corrected chi connectivity index (χ1v) is 8.76. The number of amides is 1. The summed E-state index contributed by atoms with van der Waals surface area (Å²) in [5.41, 5.74) is 1.25. The number of hydrogen-bond donors (Lipinski definition) is 1. The average Bonchev–Trinajstić information content (AvgIpc) is 3.07.